The third-order valence-corrected chi connectivity index (χ3v) is 3.90. The van der Waals surface area contributed by atoms with Crippen LogP contribution in [0.15, 0.2) is 24.3 Å². The molecule has 0 heterocycles. The molecular formula is C20H28N2O6. The van der Waals surface area contributed by atoms with E-state index in [1.165, 1.54) is 7.11 Å². The molecular weight excluding hydrogens is 364 g/mol. The van der Waals surface area contributed by atoms with E-state index in [2.05, 4.69) is 15.4 Å². The Hall–Kier alpha value is -2.90. The predicted molar refractivity (Wildman–Crippen MR) is 102 cm³/mol. The smallest absolute Gasteiger partial charge is 0.328 e. The zero-order valence-corrected chi connectivity index (χ0v) is 16.7. The lowest BCUT2D eigenvalue weighted by molar-refractivity contribution is -0.150. The molecule has 0 radical (unpaired) electrons. The third-order valence-electron chi connectivity index (χ3n) is 3.90. The van der Waals surface area contributed by atoms with E-state index in [0.29, 0.717) is 12.0 Å². The maximum atomic E-state index is 12.0. The van der Waals surface area contributed by atoms with Crippen LogP contribution >= 0.6 is 0 Å². The quantitative estimate of drug-likeness (QED) is 0.582. The number of amides is 2. The summed E-state index contributed by atoms with van der Waals surface area (Å²) in [4.78, 5) is 47.4. The third kappa shape index (κ3) is 8.20. The molecule has 0 aliphatic heterocycles. The van der Waals surface area contributed by atoms with Crippen molar-refractivity contribution in [2.24, 2.45) is 5.92 Å². The van der Waals surface area contributed by atoms with Crippen LogP contribution in [0.3, 0.4) is 0 Å². The first-order valence-corrected chi connectivity index (χ1v) is 9.11. The molecule has 0 saturated heterocycles. The van der Waals surface area contributed by atoms with Crippen molar-refractivity contribution >= 4 is 23.8 Å². The highest BCUT2D eigenvalue weighted by atomic mass is 16.5. The number of methoxy groups -OCH3 is 1. The van der Waals surface area contributed by atoms with Crippen LogP contribution in [0.1, 0.15) is 42.6 Å². The van der Waals surface area contributed by atoms with Gasteiger partial charge in [-0.25, -0.2) is 4.79 Å². The lowest BCUT2D eigenvalue weighted by Gasteiger charge is -2.18. The van der Waals surface area contributed by atoms with E-state index in [1.807, 2.05) is 32.9 Å². The van der Waals surface area contributed by atoms with E-state index in [-0.39, 0.29) is 24.8 Å². The van der Waals surface area contributed by atoms with Crippen LogP contribution in [0.5, 0.6) is 0 Å². The van der Waals surface area contributed by atoms with Crippen LogP contribution < -0.4 is 10.6 Å². The molecule has 0 fully saturated rings. The molecule has 0 spiro atoms. The maximum absolute atomic E-state index is 12.0. The van der Waals surface area contributed by atoms with Gasteiger partial charge in [0, 0.05) is 12.1 Å². The Morgan fingerprint density at radius 3 is 2.39 bits per heavy atom. The predicted octanol–water partition coefficient (Wildman–Crippen LogP) is 1.36. The number of hydrogen-bond acceptors (Lipinski definition) is 6. The molecule has 154 valence electrons. The van der Waals surface area contributed by atoms with Gasteiger partial charge in [0.25, 0.3) is 11.8 Å². The highest BCUT2D eigenvalue weighted by molar-refractivity contribution is 5.95. The van der Waals surface area contributed by atoms with Crippen molar-refractivity contribution in [2.75, 3.05) is 20.3 Å². The molecule has 0 aliphatic rings. The number of aryl methyl sites for hydroxylation is 1. The van der Waals surface area contributed by atoms with E-state index in [1.54, 1.807) is 12.1 Å². The molecule has 1 atom stereocenters. The second kappa shape index (κ2) is 11.7. The Kier molecular flexibility index (Phi) is 9.70. The van der Waals surface area contributed by atoms with E-state index < -0.39 is 30.5 Å². The van der Waals surface area contributed by atoms with Crippen molar-refractivity contribution in [2.45, 2.75) is 39.7 Å². The van der Waals surface area contributed by atoms with Crippen molar-refractivity contribution in [1.82, 2.24) is 10.6 Å². The summed E-state index contributed by atoms with van der Waals surface area (Å²) in [5, 5.41) is 5.13. The normalized spacial score (nSPS) is 11.5. The first-order chi connectivity index (χ1) is 13.2. The van der Waals surface area contributed by atoms with Gasteiger partial charge >= 0.3 is 11.9 Å². The van der Waals surface area contributed by atoms with Crippen LogP contribution in [-0.4, -0.2) is 50.1 Å². The van der Waals surface area contributed by atoms with Gasteiger partial charge in [0.15, 0.2) is 6.61 Å². The molecule has 0 aromatic heterocycles. The molecule has 1 aromatic carbocycles. The fraction of sp³-hybridized carbons (Fsp3) is 0.500. The summed E-state index contributed by atoms with van der Waals surface area (Å²) in [5.74, 6) is -1.87. The van der Waals surface area contributed by atoms with Crippen LogP contribution in [0.2, 0.25) is 0 Å². The zero-order chi connectivity index (χ0) is 21.1. The van der Waals surface area contributed by atoms with Gasteiger partial charge in [-0.1, -0.05) is 32.0 Å². The van der Waals surface area contributed by atoms with Crippen molar-refractivity contribution in [3.05, 3.63) is 35.4 Å². The average Bonchev–Trinajstić information content (AvgIpc) is 2.65. The van der Waals surface area contributed by atoms with Crippen molar-refractivity contribution in [1.29, 1.82) is 0 Å². The van der Waals surface area contributed by atoms with Gasteiger partial charge in [0.1, 0.15) is 6.04 Å². The number of benzene rings is 1. The van der Waals surface area contributed by atoms with Crippen LogP contribution in [0, 0.1) is 12.8 Å². The topological polar surface area (TPSA) is 111 Å². The molecule has 8 nitrogen and oxygen atoms in total. The molecule has 8 heteroatoms. The van der Waals surface area contributed by atoms with Crippen molar-refractivity contribution in [3.8, 4) is 0 Å². The van der Waals surface area contributed by atoms with E-state index in [0.717, 1.165) is 5.56 Å². The first kappa shape index (κ1) is 23.1. The standard InChI is InChI=1S/C20H28N2O6/c1-13(2)11-16(20(26)27-4)22-17(23)12-28-18(24)9-10-21-19(25)15-8-6-5-7-14(15)3/h5-8,13,16H,9-12H2,1-4H3,(H,21,25)(H,22,23). The molecule has 1 rings (SSSR count). The minimum Gasteiger partial charge on any atom is -0.467 e. The lowest BCUT2D eigenvalue weighted by atomic mass is 10.0. The number of carbonyl (C=O) groups excluding carboxylic acids is 4. The summed E-state index contributed by atoms with van der Waals surface area (Å²) < 4.78 is 9.54. The monoisotopic (exact) mass is 392 g/mol. The van der Waals surface area contributed by atoms with Gasteiger partial charge in [0.05, 0.1) is 13.5 Å². The van der Waals surface area contributed by atoms with E-state index >= 15 is 0 Å². The van der Waals surface area contributed by atoms with Crippen LogP contribution in [0.4, 0.5) is 0 Å². The first-order valence-electron chi connectivity index (χ1n) is 9.11. The highest BCUT2D eigenvalue weighted by Gasteiger charge is 2.23. The van der Waals surface area contributed by atoms with Gasteiger partial charge in [-0.05, 0) is 30.9 Å². The number of ether oxygens (including phenoxy) is 2. The second-order valence-corrected chi connectivity index (χ2v) is 6.75. The number of rotatable bonds is 10. The van der Waals surface area contributed by atoms with Gasteiger partial charge in [-0.15, -0.1) is 0 Å². The largest absolute Gasteiger partial charge is 0.467 e. The molecule has 0 saturated carbocycles. The number of nitrogens with one attached hydrogen (secondary N) is 2. The number of carbonyl (C=O) groups is 4. The molecule has 0 bridgehead atoms. The van der Waals surface area contributed by atoms with Gasteiger partial charge < -0.3 is 20.1 Å². The van der Waals surface area contributed by atoms with Gasteiger partial charge in [-0.3, -0.25) is 14.4 Å². The molecule has 1 aromatic rings. The number of hydrogen-bond donors (Lipinski definition) is 2. The summed E-state index contributed by atoms with van der Waals surface area (Å²) in [6.07, 6.45) is 0.342. The zero-order valence-electron chi connectivity index (χ0n) is 16.7. The van der Waals surface area contributed by atoms with Crippen molar-refractivity contribution in [3.63, 3.8) is 0 Å². The number of esters is 2. The summed E-state index contributed by atoms with van der Waals surface area (Å²) in [5.41, 5.74) is 1.37. The lowest BCUT2D eigenvalue weighted by Crippen LogP contribution is -2.44. The van der Waals surface area contributed by atoms with Crippen LogP contribution in [0.25, 0.3) is 0 Å². The minimum absolute atomic E-state index is 0.0721. The molecule has 28 heavy (non-hydrogen) atoms. The molecule has 0 aliphatic carbocycles. The molecule has 2 N–H and O–H groups in total. The fourth-order valence-electron chi connectivity index (χ4n) is 2.48. The van der Waals surface area contributed by atoms with Gasteiger partial charge in [0.2, 0.25) is 0 Å². The summed E-state index contributed by atoms with van der Waals surface area (Å²) in [6.45, 7) is 5.23. The Balaban J connectivity index is 2.35. The maximum Gasteiger partial charge on any atom is 0.328 e. The second-order valence-electron chi connectivity index (χ2n) is 6.75. The average molecular weight is 392 g/mol. The summed E-state index contributed by atoms with van der Waals surface area (Å²) in [7, 11) is 1.24. The fourth-order valence-corrected chi connectivity index (χ4v) is 2.48. The van der Waals surface area contributed by atoms with E-state index in [4.69, 9.17) is 4.74 Å². The Bertz CT molecular complexity index is 702. The van der Waals surface area contributed by atoms with Crippen molar-refractivity contribution < 1.29 is 28.7 Å². The highest BCUT2D eigenvalue weighted by Crippen LogP contribution is 2.07. The summed E-state index contributed by atoms with van der Waals surface area (Å²) >= 11 is 0. The minimum atomic E-state index is -0.787. The van der Waals surface area contributed by atoms with Crippen LogP contribution in [-0.2, 0) is 23.9 Å². The van der Waals surface area contributed by atoms with E-state index in [9.17, 15) is 19.2 Å². The Morgan fingerprint density at radius 2 is 1.79 bits per heavy atom. The van der Waals surface area contributed by atoms with Gasteiger partial charge in [-0.2, -0.15) is 0 Å². The Morgan fingerprint density at radius 1 is 1.11 bits per heavy atom. The SMILES string of the molecule is COC(=O)C(CC(C)C)NC(=O)COC(=O)CCNC(=O)c1ccccc1C. The Labute approximate surface area is 165 Å². The summed E-state index contributed by atoms with van der Waals surface area (Å²) in [6, 6.07) is 6.32. The molecule has 1 unspecified atom stereocenters. The molecule has 2 amide bonds.